The lowest BCUT2D eigenvalue weighted by atomic mass is 10.2. The van der Waals surface area contributed by atoms with Crippen LogP contribution < -0.4 is 4.90 Å². The minimum atomic E-state index is -0.950. The summed E-state index contributed by atoms with van der Waals surface area (Å²) >= 11 is 0. The van der Waals surface area contributed by atoms with Crippen LogP contribution in [0, 0.1) is 6.92 Å². The molecule has 0 saturated carbocycles. The highest BCUT2D eigenvalue weighted by Gasteiger charge is 2.10. The van der Waals surface area contributed by atoms with Crippen LogP contribution in [-0.4, -0.2) is 29.1 Å². The first-order chi connectivity index (χ1) is 7.60. The summed E-state index contributed by atoms with van der Waals surface area (Å²) < 4.78 is 0. The van der Waals surface area contributed by atoms with Gasteiger partial charge in [-0.15, -0.1) is 6.58 Å². The Bertz CT molecular complexity index is 402. The number of anilines is 1. The van der Waals surface area contributed by atoms with Gasteiger partial charge in [-0.1, -0.05) is 6.08 Å². The SMILES string of the molecule is C=CCN(CC)c1ncc(C(=O)O)cc1C. The molecule has 4 heteroatoms. The van der Waals surface area contributed by atoms with Crippen molar-refractivity contribution in [2.45, 2.75) is 13.8 Å². The summed E-state index contributed by atoms with van der Waals surface area (Å²) in [6.07, 6.45) is 3.19. The number of aromatic carboxylic acids is 1. The number of pyridine rings is 1. The number of nitrogens with zero attached hydrogens (tertiary/aromatic N) is 2. The van der Waals surface area contributed by atoms with Crippen LogP contribution in [-0.2, 0) is 0 Å². The minimum Gasteiger partial charge on any atom is -0.478 e. The largest absolute Gasteiger partial charge is 0.478 e. The van der Waals surface area contributed by atoms with E-state index in [4.69, 9.17) is 5.11 Å². The van der Waals surface area contributed by atoms with Gasteiger partial charge in [0, 0.05) is 19.3 Å². The zero-order valence-electron chi connectivity index (χ0n) is 9.60. The van der Waals surface area contributed by atoms with Gasteiger partial charge in [-0.3, -0.25) is 0 Å². The average Bonchev–Trinajstić information content (AvgIpc) is 2.26. The normalized spacial score (nSPS) is 9.88. The van der Waals surface area contributed by atoms with E-state index >= 15 is 0 Å². The van der Waals surface area contributed by atoms with Crippen molar-refractivity contribution in [3.63, 3.8) is 0 Å². The van der Waals surface area contributed by atoms with Crippen molar-refractivity contribution in [1.82, 2.24) is 4.98 Å². The van der Waals surface area contributed by atoms with Crippen LogP contribution in [0.15, 0.2) is 24.9 Å². The van der Waals surface area contributed by atoms with Gasteiger partial charge in [0.2, 0.25) is 0 Å². The van der Waals surface area contributed by atoms with Gasteiger partial charge in [0.1, 0.15) is 5.82 Å². The molecule has 86 valence electrons. The molecule has 0 fully saturated rings. The number of carboxylic acid groups (broad SMARTS) is 1. The molecule has 0 atom stereocenters. The van der Waals surface area contributed by atoms with Gasteiger partial charge in [-0.25, -0.2) is 9.78 Å². The number of aromatic nitrogens is 1. The van der Waals surface area contributed by atoms with Gasteiger partial charge < -0.3 is 10.0 Å². The van der Waals surface area contributed by atoms with E-state index in [1.807, 2.05) is 18.7 Å². The van der Waals surface area contributed by atoms with Crippen molar-refractivity contribution >= 4 is 11.8 Å². The summed E-state index contributed by atoms with van der Waals surface area (Å²) in [6, 6.07) is 1.64. The Morgan fingerprint density at radius 1 is 1.69 bits per heavy atom. The summed E-state index contributed by atoms with van der Waals surface area (Å²) in [5, 5.41) is 8.83. The molecule has 0 aliphatic heterocycles. The number of carboxylic acids is 1. The topological polar surface area (TPSA) is 53.4 Å². The lowest BCUT2D eigenvalue weighted by Gasteiger charge is -2.21. The second-order valence-electron chi connectivity index (χ2n) is 3.50. The Morgan fingerprint density at radius 3 is 2.81 bits per heavy atom. The maximum absolute atomic E-state index is 10.8. The van der Waals surface area contributed by atoms with Crippen molar-refractivity contribution in [2.75, 3.05) is 18.0 Å². The van der Waals surface area contributed by atoms with Gasteiger partial charge in [0.15, 0.2) is 0 Å². The third-order valence-electron chi connectivity index (χ3n) is 2.33. The molecule has 0 unspecified atom stereocenters. The standard InChI is InChI=1S/C12H16N2O2/c1-4-6-14(5-2)11-9(3)7-10(8-13-11)12(15)16/h4,7-8H,1,5-6H2,2-3H3,(H,15,16). The van der Waals surface area contributed by atoms with Crippen molar-refractivity contribution in [3.8, 4) is 0 Å². The van der Waals surface area contributed by atoms with E-state index in [0.717, 1.165) is 17.9 Å². The molecule has 0 aromatic carbocycles. The molecule has 4 nitrogen and oxygen atoms in total. The fourth-order valence-corrected chi connectivity index (χ4v) is 1.54. The van der Waals surface area contributed by atoms with Gasteiger partial charge in [-0.05, 0) is 25.5 Å². The lowest BCUT2D eigenvalue weighted by Crippen LogP contribution is -2.24. The summed E-state index contributed by atoms with van der Waals surface area (Å²) in [7, 11) is 0. The molecule has 1 N–H and O–H groups in total. The first-order valence-electron chi connectivity index (χ1n) is 5.16. The molecule has 0 spiro atoms. The maximum atomic E-state index is 10.8. The molecule has 1 aromatic rings. The highest BCUT2D eigenvalue weighted by Crippen LogP contribution is 2.17. The molecular formula is C12H16N2O2. The Balaban J connectivity index is 3.05. The molecular weight excluding hydrogens is 204 g/mol. The third kappa shape index (κ3) is 2.59. The van der Waals surface area contributed by atoms with Gasteiger partial charge in [0.05, 0.1) is 5.56 Å². The summed E-state index contributed by atoms with van der Waals surface area (Å²) in [5.74, 6) is -0.138. The van der Waals surface area contributed by atoms with Gasteiger partial charge >= 0.3 is 5.97 Å². The number of hydrogen-bond donors (Lipinski definition) is 1. The molecule has 16 heavy (non-hydrogen) atoms. The Kier molecular flexibility index (Phi) is 4.05. The van der Waals surface area contributed by atoms with Crippen LogP contribution >= 0.6 is 0 Å². The molecule has 0 aliphatic rings. The molecule has 1 rings (SSSR count). The van der Waals surface area contributed by atoms with Crippen molar-refractivity contribution in [3.05, 3.63) is 36.0 Å². The van der Waals surface area contributed by atoms with Crippen LogP contribution in [0.1, 0.15) is 22.8 Å². The summed E-state index contributed by atoms with van der Waals surface area (Å²) in [4.78, 5) is 17.0. The lowest BCUT2D eigenvalue weighted by molar-refractivity contribution is 0.0696. The quantitative estimate of drug-likeness (QED) is 0.772. The number of rotatable bonds is 5. The summed E-state index contributed by atoms with van der Waals surface area (Å²) in [6.45, 7) is 9.09. The monoisotopic (exact) mass is 220 g/mol. The minimum absolute atomic E-state index is 0.218. The predicted molar refractivity (Wildman–Crippen MR) is 64.0 cm³/mol. The first-order valence-corrected chi connectivity index (χ1v) is 5.16. The van der Waals surface area contributed by atoms with Crippen LogP contribution in [0.2, 0.25) is 0 Å². The maximum Gasteiger partial charge on any atom is 0.337 e. The predicted octanol–water partition coefficient (Wildman–Crippen LogP) is 2.10. The van der Waals surface area contributed by atoms with E-state index in [1.165, 1.54) is 6.20 Å². The number of aryl methyl sites for hydroxylation is 1. The molecule has 1 aromatic heterocycles. The number of carbonyl (C=O) groups is 1. The molecule has 0 amide bonds. The van der Waals surface area contributed by atoms with E-state index in [-0.39, 0.29) is 5.56 Å². The van der Waals surface area contributed by atoms with Crippen LogP contribution in [0.3, 0.4) is 0 Å². The van der Waals surface area contributed by atoms with E-state index in [2.05, 4.69) is 11.6 Å². The smallest absolute Gasteiger partial charge is 0.337 e. The Labute approximate surface area is 95.2 Å². The summed E-state index contributed by atoms with van der Waals surface area (Å²) in [5.41, 5.74) is 1.08. The van der Waals surface area contributed by atoms with Crippen molar-refractivity contribution in [1.29, 1.82) is 0 Å². The van der Waals surface area contributed by atoms with Crippen LogP contribution in [0.25, 0.3) is 0 Å². The zero-order chi connectivity index (χ0) is 12.1. The second-order valence-corrected chi connectivity index (χ2v) is 3.50. The fourth-order valence-electron chi connectivity index (χ4n) is 1.54. The van der Waals surface area contributed by atoms with Gasteiger partial charge in [-0.2, -0.15) is 0 Å². The number of hydrogen-bond acceptors (Lipinski definition) is 3. The van der Waals surface area contributed by atoms with Crippen molar-refractivity contribution in [2.24, 2.45) is 0 Å². The molecule has 0 bridgehead atoms. The van der Waals surface area contributed by atoms with Crippen LogP contribution in [0.5, 0.6) is 0 Å². The Morgan fingerprint density at radius 2 is 2.38 bits per heavy atom. The first kappa shape index (κ1) is 12.2. The molecule has 1 heterocycles. The highest BCUT2D eigenvalue weighted by molar-refractivity contribution is 5.87. The van der Waals surface area contributed by atoms with Crippen molar-refractivity contribution < 1.29 is 9.90 Å². The highest BCUT2D eigenvalue weighted by atomic mass is 16.4. The van der Waals surface area contributed by atoms with E-state index in [9.17, 15) is 4.79 Å². The van der Waals surface area contributed by atoms with Crippen LogP contribution in [0.4, 0.5) is 5.82 Å². The van der Waals surface area contributed by atoms with Gasteiger partial charge in [0.25, 0.3) is 0 Å². The molecule has 0 saturated heterocycles. The molecule has 0 radical (unpaired) electrons. The third-order valence-corrected chi connectivity index (χ3v) is 2.33. The average molecular weight is 220 g/mol. The second kappa shape index (κ2) is 5.30. The fraction of sp³-hybridized carbons (Fsp3) is 0.333. The Hall–Kier alpha value is -1.84. The molecule has 0 aliphatic carbocycles. The number of likely N-dealkylation sites (N-methyl/N-ethyl adjacent to an activating group) is 1. The zero-order valence-corrected chi connectivity index (χ0v) is 9.60. The van der Waals surface area contributed by atoms with E-state index < -0.39 is 5.97 Å². The van der Waals surface area contributed by atoms with E-state index in [1.54, 1.807) is 12.1 Å². The van der Waals surface area contributed by atoms with E-state index in [0.29, 0.717) is 6.54 Å².